The number of likely N-dealkylation sites (tertiary alicyclic amines) is 1. The molecule has 29 heavy (non-hydrogen) atoms. The minimum atomic E-state index is -4.48. The number of anilines is 1. The highest BCUT2D eigenvalue weighted by Crippen LogP contribution is 2.40. The van der Waals surface area contributed by atoms with E-state index < -0.39 is 11.7 Å². The highest BCUT2D eigenvalue weighted by atomic mass is 19.4. The fourth-order valence-corrected chi connectivity index (χ4v) is 3.66. The lowest BCUT2D eigenvalue weighted by Gasteiger charge is -2.34. The Morgan fingerprint density at radius 2 is 2.00 bits per heavy atom. The number of alkyl halides is 3. The number of methoxy groups -OCH3 is 1. The van der Waals surface area contributed by atoms with Gasteiger partial charge in [-0.05, 0) is 42.7 Å². The van der Waals surface area contributed by atoms with E-state index in [0.29, 0.717) is 30.8 Å². The van der Waals surface area contributed by atoms with Crippen LogP contribution >= 0.6 is 0 Å². The van der Waals surface area contributed by atoms with Gasteiger partial charge >= 0.3 is 6.18 Å². The summed E-state index contributed by atoms with van der Waals surface area (Å²) < 4.78 is 45.8. The molecule has 2 aromatic rings. The summed E-state index contributed by atoms with van der Waals surface area (Å²) in [5, 5.41) is 0. The molecule has 156 valence electrons. The van der Waals surface area contributed by atoms with Crippen LogP contribution in [0.3, 0.4) is 0 Å². The lowest BCUT2D eigenvalue weighted by Crippen LogP contribution is -2.39. The number of pyridine rings is 1. The van der Waals surface area contributed by atoms with Crippen LogP contribution in [0.1, 0.15) is 40.2 Å². The standard InChI is InChI=1S/C21H24F3N3O2/c1-26(2)19-11-14(8-9-25-19)20(28)27-10-4-5-15(13-27)17-7-6-16(29-3)12-18(17)21(22,23)24/h6-9,11-12,15H,4-5,10,13H2,1-3H3. The van der Waals surface area contributed by atoms with Gasteiger partial charge in [0, 0.05) is 44.9 Å². The van der Waals surface area contributed by atoms with Gasteiger partial charge in [-0.1, -0.05) is 6.07 Å². The third-order valence-corrected chi connectivity index (χ3v) is 5.16. The number of hydrogen-bond acceptors (Lipinski definition) is 4. The number of amides is 1. The maximum Gasteiger partial charge on any atom is 0.416 e. The lowest BCUT2D eigenvalue weighted by molar-refractivity contribution is -0.138. The first-order valence-electron chi connectivity index (χ1n) is 9.38. The molecule has 2 heterocycles. The molecule has 8 heteroatoms. The van der Waals surface area contributed by atoms with Crippen molar-refractivity contribution in [1.29, 1.82) is 0 Å². The van der Waals surface area contributed by atoms with Crippen molar-refractivity contribution in [3.05, 3.63) is 53.2 Å². The smallest absolute Gasteiger partial charge is 0.416 e. The number of ether oxygens (including phenoxy) is 1. The molecule has 1 aromatic heterocycles. The Labute approximate surface area is 168 Å². The van der Waals surface area contributed by atoms with Gasteiger partial charge in [0.05, 0.1) is 12.7 Å². The maximum absolute atomic E-state index is 13.6. The molecule has 1 aliphatic heterocycles. The van der Waals surface area contributed by atoms with Gasteiger partial charge in [-0.2, -0.15) is 13.2 Å². The van der Waals surface area contributed by atoms with Crippen molar-refractivity contribution >= 4 is 11.7 Å². The molecule has 0 spiro atoms. The molecule has 1 aromatic carbocycles. The zero-order chi connectivity index (χ0) is 21.2. The van der Waals surface area contributed by atoms with Crippen LogP contribution in [0.5, 0.6) is 5.75 Å². The van der Waals surface area contributed by atoms with Gasteiger partial charge in [-0.3, -0.25) is 4.79 Å². The van der Waals surface area contributed by atoms with E-state index in [4.69, 9.17) is 4.74 Å². The average Bonchev–Trinajstić information content (AvgIpc) is 2.72. The summed E-state index contributed by atoms with van der Waals surface area (Å²) in [6.45, 7) is 0.764. The molecular weight excluding hydrogens is 383 g/mol. The number of benzene rings is 1. The first-order valence-corrected chi connectivity index (χ1v) is 9.38. The zero-order valence-corrected chi connectivity index (χ0v) is 16.7. The highest BCUT2D eigenvalue weighted by Gasteiger charge is 2.37. The van der Waals surface area contributed by atoms with Crippen LogP contribution < -0.4 is 9.64 Å². The monoisotopic (exact) mass is 407 g/mol. The number of halogens is 3. The van der Waals surface area contributed by atoms with E-state index >= 15 is 0 Å². The second-order valence-electron chi connectivity index (χ2n) is 7.34. The van der Waals surface area contributed by atoms with Crippen LogP contribution in [0.15, 0.2) is 36.5 Å². The van der Waals surface area contributed by atoms with Crippen LogP contribution in [0.2, 0.25) is 0 Å². The minimum absolute atomic E-state index is 0.165. The van der Waals surface area contributed by atoms with E-state index in [0.717, 1.165) is 6.07 Å². The Balaban J connectivity index is 1.86. The summed E-state index contributed by atoms with van der Waals surface area (Å²) in [6.07, 6.45) is -1.68. The molecule has 0 bridgehead atoms. The average molecular weight is 407 g/mol. The van der Waals surface area contributed by atoms with Crippen molar-refractivity contribution in [3.63, 3.8) is 0 Å². The van der Waals surface area contributed by atoms with Gasteiger partial charge in [-0.25, -0.2) is 4.98 Å². The molecular formula is C21H24F3N3O2. The van der Waals surface area contributed by atoms with Gasteiger partial charge in [0.2, 0.25) is 0 Å². The third kappa shape index (κ3) is 4.63. The van der Waals surface area contributed by atoms with E-state index in [1.54, 1.807) is 28.1 Å². The van der Waals surface area contributed by atoms with Crippen molar-refractivity contribution in [2.24, 2.45) is 0 Å². The van der Waals surface area contributed by atoms with E-state index in [-0.39, 0.29) is 29.7 Å². The number of carbonyl (C=O) groups excluding carboxylic acids is 1. The predicted octanol–water partition coefficient (Wildman–Crippen LogP) is 4.19. The number of hydrogen-bond donors (Lipinski definition) is 0. The van der Waals surface area contributed by atoms with Crippen LogP contribution in [-0.2, 0) is 6.18 Å². The maximum atomic E-state index is 13.6. The minimum Gasteiger partial charge on any atom is -0.497 e. The molecule has 1 fully saturated rings. The molecule has 0 aliphatic carbocycles. The quantitative estimate of drug-likeness (QED) is 0.762. The van der Waals surface area contributed by atoms with Gasteiger partial charge in [0.1, 0.15) is 11.6 Å². The third-order valence-electron chi connectivity index (χ3n) is 5.16. The van der Waals surface area contributed by atoms with Crippen molar-refractivity contribution in [2.75, 3.05) is 39.2 Å². The lowest BCUT2D eigenvalue weighted by atomic mass is 9.87. The zero-order valence-electron chi connectivity index (χ0n) is 16.7. The molecule has 1 amide bonds. The largest absolute Gasteiger partial charge is 0.497 e. The Hall–Kier alpha value is -2.77. The summed E-state index contributed by atoms with van der Waals surface area (Å²) in [4.78, 5) is 20.6. The first-order chi connectivity index (χ1) is 13.7. The Morgan fingerprint density at radius 1 is 1.24 bits per heavy atom. The van der Waals surface area contributed by atoms with Gasteiger partial charge in [0.25, 0.3) is 5.91 Å². The van der Waals surface area contributed by atoms with Crippen LogP contribution in [0, 0.1) is 0 Å². The summed E-state index contributed by atoms with van der Waals surface area (Å²) >= 11 is 0. The van der Waals surface area contributed by atoms with E-state index in [9.17, 15) is 18.0 Å². The number of carbonyl (C=O) groups is 1. The molecule has 1 atom stereocenters. The predicted molar refractivity (Wildman–Crippen MR) is 104 cm³/mol. The van der Waals surface area contributed by atoms with Crippen molar-refractivity contribution in [2.45, 2.75) is 24.9 Å². The Morgan fingerprint density at radius 3 is 2.66 bits per heavy atom. The first kappa shape index (κ1) is 21.0. The topological polar surface area (TPSA) is 45.7 Å². The van der Waals surface area contributed by atoms with Gasteiger partial charge in [0.15, 0.2) is 0 Å². The summed E-state index contributed by atoms with van der Waals surface area (Å²) in [6, 6.07) is 7.37. The van der Waals surface area contributed by atoms with Crippen LogP contribution in [0.4, 0.5) is 19.0 Å². The van der Waals surface area contributed by atoms with Crippen molar-refractivity contribution in [1.82, 2.24) is 9.88 Å². The molecule has 0 N–H and O–H groups in total. The van der Waals surface area contributed by atoms with E-state index in [1.807, 2.05) is 14.1 Å². The molecule has 0 radical (unpaired) electrons. The Bertz CT molecular complexity index is 884. The molecule has 1 saturated heterocycles. The summed E-state index contributed by atoms with van der Waals surface area (Å²) in [5.74, 6) is 0.240. The number of rotatable bonds is 4. The molecule has 3 rings (SSSR count). The normalized spacial score (nSPS) is 17.2. The number of aromatic nitrogens is 1. The highest BCUT2D eigenvalue weighted by molar-refractivity contribution is 5.95. The van der Waals surface area contributed by atoms with Crippen molar-refractivity contribution < 1.29 is 22.7 Å². The molecule has 5 nitrogen and oxygen atoms in total. The SMILES string of the molecule is COc1ccc(C2CCCN(C(=O)c3ccnc(N(C)C)c3)C2)c(C(F)(F)F)c1. The fraction of sp³-hybridized carbons (Fsp3) is 0.429. The van der Waals surface area contributed by atoms with E-state index in [1.165, 1.54) is 19.2 Å². The molecule has 1 unspecified atom stereocenters. The fourth-order valence-electron chi connectivity index (χ4n) is 3.66. The number of nitrogens with zero attached hydrogens (tertiary/aromatic N) is 3. The van der Waals surface area contributed by atoms with Crippen LogP contribution in [-0.4, -0.2) is 50.1 Å². The molecule has 1 aliphatic rings. The summed E-state index contributed by atoms with van der Waals surface area (Å²) in [7, 11) is 5.00. The van der Waals surface area contributed by atoms with Crippen molar-refractivity contribution in [3.8, 4) is 5.75 Å². The second kappa shape index (κ2) is 8.31. The molecule has 0 saturated carbocycles. The number of piperidine rings is 1. The van der Waals surface area contributed by atoms with Crippen LogP contribution in [0.25, 0.3) is 0 Å². The van der Waals surface area contributed by atoms with E-state index in [2.05, 4.69) is 4.98 Å². The van der Waals surface area contributed by atoms with Gasteiger partial charge < -0.3 is 14.5 Å². The second-order valence-corrected chi connectivity index (χ2v) is 7.34. The van der Waals surface area contributed by atoms with Gasteiger partial charge in [-0.15, -0.1) is 0 Å². The summed E-state index contributed by atoms with van der Waals surface area (Å²) in [5.41, 5.74) is -0.00964. The Kier molecular flexibility index (Phi) is 6.00.